The number of carboxylic acid groups (broad SMARTS) is 1. The second-order valence-corrected chi connectivity index (χ2v) is 4.30. The fourth-order valence-electron chi connectivity index (χ4n) is 1.32. The first kappa shape index (κ1) is 11.4. The molecule has 5 nitrogen and oxygen atoms in total. The van der Waals surface area contributed by atoms with Crippen molar-refractivity contribution >= 4 is 23.1 Å². The van der Waals surface area contributed by atoms with E-state index in [-0.39, 0.29) is 16.4 Å². The standard InChI is InChI=1S/C11H8N2O3S/c1-6(14)8-9(11(15)16)17-10(13-8)7-3-2-4-12-5-7/h2-5H,1H3,(H,15,16). The van der Waals surface area contributed by atoms with Crippen LogP contribution < -0.4 is 0 Å². The predicted octanol–water partition coefficient (Wildman–Crippen LogP) is 2.11. The largest absolute Gasteiger partial charge is 0.477 e. The summed E-state index contributed by atoms with van der Waals surface area (Å²) in [5.41, 5.74) is 0.703. The highest BCUT2D eigenvalue weighted by atomic mass is 32.1. The number of carbonyl (C=O) groups is 2. The number of Topliss-reactive ketones (excluding diaryl/α,β-unsaturated/α-hetero) is 1. The van der Waals surface area contributed by atoms with Crippen molar-refractivity contribution in [3.63, 3.8) is 0 Å². The Morgan fingerprint density at radius 1 is 1.41 bits per heavy atom. The van der Waals surface area contributed by atoms with Crippen LogP contribution in [-0.4, -0.2) is 26.8 Å². The van der Waals surface area contributed by atoms with Gasteiger partial charge in [-0.2, -0.15) is 0 Å². The number of pyridine rings is 1. The molecule has 86 valence electrons. The molecule has 0 saturated heterocycles. The maximum atomic E-state index is 11.3. The zero-order valence-corrected chi connectivity index (χ0v) is 9.69. The highest BCUT2D eigenvalue weighted by Gasteiger charge is 2.20. The van der Waals surface area contributed by atoms with Crippen molar-refractivity contribution in [3.05, 3.63) is 35.1 Å². The molecule has 0 aliphatic carbocycles. The molecule has 0 aliphatic rings. The molecule has 2 aromatic rings. The van der Waals surface area contributed by atoms with Crippen LogP contribution in [0.25, 0.3) is 10.6 Å². The molecule has 0 atom stereocenters. The lowest BCUT2D eigenvalue weighted by Gasteiger charge is -1.92. The molecule has 0 amide bonds. The number of thiazole rings is 1. The van der Waals surface area contributed by atoms with E-state index in [1.807, 2.05) is 0 Å². The molecular formula is C11H8N2O3S. The SMILES string of the molecule is CC(=O)c1nc(-c2cccnc2)sc1C(=O)O. The Morgan fingerprint density at radius 3 is 2.65 bits per heavy atom. The number of carbonyl (C=O) groups excluding carboxylic acids is 1. The lowest BCUT2D eigenvalue weighted by Crippen LogP contribution is -2.02. The lowest BCUT2D eigenvalue weighted by molar-refractivity contribution is 0.0697. The van der Waals surface area contributed by atoms with Crippen LogP contribution >= 0.6 is 11.3 Å². The van der Waals surface area contributed by atoms with Gasteiger partial charge >= 0.3 is 5.97 Å². The van der Waals surface area contributed by atoms with Crippen molar-refractivity contribution in [1.82, 2.24) is 9.97 Å². The fourth-order valence-corrected chi connectivity index (χ4v) is 2.26. The minimum absolute atomic E-state index is 0.00125. The molecule has 0 radical (unpaired) electrons. The van der Waals surface area contributed by atoms with Crippen LogP contribution in [0.2, 0.25) is 0 Å². The smallest absolute Gasteiger partial charge is 0.348 e. The predicted molar refractivity (Wildman–Crippen MR) is 62.3 cm³/mol. The van der Waals surface area contributed by atoms with Gasteiger partial charge in [-0.05, 0) is 12.1 Å². The maximum Gasteiger partial charge on any atom is 0.348 e. The summed E-state index contributed by atoms with van der Waals surface area (Å²) in [6.07, 6.45) is 3.19. The van der Waals surface area contributed by atoms with Crippen molar-refractivity contribution in [3.8, 4) is 10.6 Å². The van der Waals surface area contributed by atoms with Crippen molar-refractivity contribution in [2.24, 2.45) is 0 Å². The number of aromatic nitrogens is 2. The Bertz CT molecular complexity index is 546. The van der Waals surface area contributed by atoms with Crippen LogP contribution in [0, 0.1) is 0 Å². The summed E-state index contributed by atoms with van der Waals surface area (Å²) in [6.45, 7) is 1.30. The summed E-state index contributed by atoms with van der Waals surface area (Å²) in [7, 11) is 0. The first-order valence-corrected chi connectivity index (χ1v) is 5.56. The van der Waals surface area contributed by atoms with Crippen LogP contribution in [0.3, 0.4) is 0 Å². The van der Waals surface area contributed by atoms with Crippen LogP contribution in [0.15, 0.2) is 24.5 Å². The van der Waals surface area contributed by atoms with Crippen molar-refractivity contribution in [2.45, 2.75) is 6.92 Å². The van der Waals surface area contributed by atoms with Gasteiger partial charge in [0.2, 0.25) is 0 Å². The first-order valence-electron chi connectivity index (χ1n) is 4.75. The normalized spacial score (nSPS) is 10.2. The number of carboxylic acids is 1. The maximum absolute atomic E-state index is 11.3. The van der Waals surface area contributed by atoms with E-state index in [9.17, 15) is 9.59 Å². The van der Waals surface area contributed by atoms with Gasteiger partial charge in [-0.15, -0.1) is 11.3 Å². The number of hydrogen-bond donors (Lipinski definition) is 1. The molecule has 2 heterocycles. The van der Waals surface area contributed by atoms with E-state index in [0.717, 1.165) is 11.3 Å². The van der Waals surface area contributed by atoms with Gasteiger partial charge in [0.05, 0.1) is 0 Å². The van der Waals surface area contributed by atoms with Gasteiger partial charge in [-0.1, -0.05) is 0 Å². The summed E-state index contributed by atoms with van der Waals surface area (Å²) >= 11 is 0.978. The Balaban J connectivity index is 2.55. The van der Waals surface area contributed by atoms with Gasteiger partial charge in [-0.25, -0.2) is 9.78 Å². The molecule has 0 spiro atoms. The van der Waals surface area contributed by atoms with E-state index in [1.165, 1.54) is 6.92 Å². The van der Waals surface area contributed by atoms with Gasteiger partial charge in [0, 0.05) is 24.9 Å². The summed E-state index contributed by atoms with van der Waals surface area (Å²) in [5.74, 6) is -1.49. The number of nitrogens with zero attached hydrogens (tertiary/aromatic N) is 2. The summed E-state index contributed by atoms with van der Waals surface area (Å²) < 4.78 is 0. The molecule has 17 heavy (non-hydrogen) atoms. The molecule has 2 aromatic heterocycles. The zero-order valence-electron chi connectivity index (χ0n) is 8.88. The van der Waals surface area contributed by atoms with Crippen LogP contribution in [0.1, 0.15) is 27.1 Å². The van der Waals surface area contributed by atoms with E-state index < -0.39 is 5.97 Å². The number of ketones is 1. The molecule has 0 fully saturated rings. The minimum Gasteiger partial charge on any atom is -0.477 e. The monoisotopic (exact) mass is 248 g/mol. The van der Waals surface area contributed by atoms with Crippen LogP contribution in [0.4, 0.5) is 0 Å². The molecular weight excluding hydrogens is 240 g/mol. The molecule has 1 N–H and O–H groups in total. The average Bonchev–Trinajstić information content (AvgIpc) is 2.75. The molecule has 0 aromatic carbocycles. The molecule has 0 unspecified atom stereocenters. The summed E-state index contributed by atoms with van der Waals surface area (Å²) in [6, 6.07) is 3.49. The molecule has 6 heteroatoms. The van der Waals surface area contributed by atoms with Crippen LogP contribution in [0.5, 0.6) is 0 Å². The quantitative estimate of drug-likeness (QED) is 0.841. The van der Waals surface area contributed by atoms with Gasteiger partial charge in [-0.3, -0.25) is 9.78 Å². The molecule has 0 saturated carbocycles. The molecule has 2 rings (SSSR count). The first-order chi connectivity index (χ1) is 8.09. The van der Waals surface area contributed by atoms with Crippen LogP contribution in [-0.2, 0) is 0 Å². The number of hydrogen-bond acceptors (Lipinski definition) is 5. The van der Waals surface area contributed by atoms with E-state index in [0.29, 0.717) is 10.6 Å². The van der Waals surface area contributed by atoms with E-state index in [1.54, 1.807) is 24.5 Å². The third kappa shape index (κ3) is 2.21. The topological polar surface area (TPSA) is 80.2 Å². The van der Waals surface area contributed by atoms with Crippen molar-refractivity contribution in [2.75, 3.05) is 0 Å². The van der Waals surface area contributed by atoms with Gasteiger partial charge in [0.25, 0.3) is 0 Å². The third-order valence-corrected chi connectivity index (χ3v) is 3.16. The van der Waals surface area contributed by atoms with E-state index >= 15 is 0 Å². The van der Waals surface area contributed by atoms with E-state index in [2.05, 4.69) is 9.97 Å². The second kappa shape index (κ2) is 4.42. The summed E-state index contributed by atoms with van der Waals surface area (Å²) in [5, 5.41) is 9.46. The Hall–Kier alpha value is -2.08. The van der Waals surface area contributed by atoms with Gasteiger partial charge in [0.15, 0.2) is 5.78 Å². The van der Waals surface area contributed by atoms with Crippen molar-refractivity contribution < 1.29 is 14.7 Å². The molecule has 0 bridgehead atoms. The highest BCUT2D eigenvalue weighted by Crippen LogP contribution is 2.27. The number of rotatable bonds is 3. The lowest BCUT2D eigenvalue weighted by atomic mass is 10.2. The third-order valence-electron chi connectivity index (χ3n) is 2.06. The second-order valence-electron chi connectivity index (χ2n) is 3.30. The zero-order chi connectivity index (χ0) is 12.4. The van der Waals surface area contributed by atoms with Crippen molar-refractivity contribution in [1.29, 1.82) is 0 Å². The number of aromatic carboxylic acids is 1. The van der Waals surface area contributed by atoms with E-state index in [4.69, 9.17) is 5.11 Å². The Morgan fingerprint density at radius 2 is 2.18 bits per heavy atom. The van der Waals surface area contributed by atoms with Gasteiger partial charge in [0.1, 0.15) is 15.6 Å². The Labute approximate surface area is 101 Å². The fraction of sp³-hybridized carbons (Fsp3) is 0.0909. The molecule has 0 aliphatic heterocycles. The minimum atomic E-state index is -1.14. The Kier molecular flexibility index (Phi) is 2.97. The highest BCUT2D eigenvalue weighted by molar-refractivity contribution is 7.17. The average molecular weight is 248 g/mol. The van der Waals surface area contributed by atoms with Gasteiger partial charge < -0.3 is 5.11 Å². The summed E-state index contributed by atoms with van der Waals surface area (Å²) in [4.78, 5) is 30.2.